The van der Waals surface area contributed by atoms with E-state index < -0.39 is 7.12 Å². The van der Waals surface area contributed by atoms with Gasteiger partial charge in [-0.1, -0.05) is 6.07 Å². The fourth-order valence-corrected chi connectivity index (χ4v) is 2.38. The highest BCUT2D eigenvalue weighted by Crippen LogP contribution is 2.37. The van der Waals surface area contributed by atoms with Gasteiger partial charge in [0.15, 0.2) is 0 Å². The molecule has 0 amide bonds. The number of benzene rings is 1. The second-order valence-corrected chi connectivity index (χ2v) is 6.10. The summed E-state index contributed by atoms with van der Waals surface area (Å²) in [5.74, 6) is 0.786. The van der Waals surface area contributed by atoms with Crippen molar-refractivity contribution in [3.05, 3.63) is 18.3 Å². The van der Waals surface area contributed by atoms with Gasteiger partial charge >= 0.3 is 7.12 Å². The van der Waals surface area contributed by atoms with Crippen molar-refractivity contribution >= 4 is 23.5 Å². The van der Waals surface area contributed by atoms with E-state index in [1.165, 1.54) is 0 Å². The average molecular weight is 274 g/mol. The fourth-order valence-electron chi connectivity index (χ4n) is 2.38. The lowest BCUT2D eigenvalue weighted by Crippen LogP contribution is -2.41. The maximum absolute atomic E-state index is 6.09. The number of nitrogens with zero attached hydrogens (tertiary/aromatic N) is 1. The molecule has 20 heavy (non-hydrogen) atoms. The molecule has 0 saturated carbocycles. The highest BCUT2D eigenvalue weighted by atomic mass is 16.7. The third-order valence-corrected chi connectivity index (χ3v) is 4.33. The van der Waals surface area contributed by atoms with Crippen LogP contribution in [0.25, 0.3) is 10.9 Å². The molecule has 3 rings (SSSR count). The first-order chi connectivity index (χ1) is 9.36. The molecule has 106 valence electrons. The standard InChI is InChI=1S/C14H19BN2O3/c1-13(2)14(3,4)20-15(19-13)10-6-7-11(18-5)9-8-16-17-12(9)10/h6-8H,1-5H3,(H,16,17). The molecular formula is C14H19BN2O3. The maximum Gasteiger partial charge on any atom is 0.497 e. The first-order valence-corrected chi connectivity index (χ1v) is 6.71. The van der Waals surface area contributed by atoms with Crippen molar-refractivity contribution in [2.24, 2.45) is 0 Å². The van der Waals surface area contributed by atoms with Crippen LogP contribution in [-0.4, -0.2) is 35.6 Å². The molecule has 0 atom stereocenters. The molecule has 0 aliphatic carbocycles. The van der Waals surface area contributed by atoms with Crippen LogP contribution in [0.2, 0.25) is 0 Å². The molecule has 2 aromatic rings. The highest BCUT2D eigenvalue weighted by molar-refractivity contribution is 6.65. The summed E-state index contributed by atoms with van der Waals surface area (Å²) in [5, 5.41) is 8.03. The van der Waals surface area contributed by atoms with Crippen molar-refractivity contribution in [1.82, 2.24) is 10.2 Å². The molecule has 1 aromatic carbocycles. The van der Waals surface area contributed by atoms with Crippen molar-refractivity contribution in [2.45, 2.75) is 38.9 Å². The van der Waals surface area contributed by atoms with Crippen molar-refractivity contribution in [3.63, 3.8) is 0 Å². The number of H-pyrrole nitrogens is 1. The van der Waals surface area contributed by atoms with E-state index in [2.05, 4.69) is 10.2 Å². The Labute approximate surface area is 118 Å². The van der Waals surface area contributed by atoms with Crippen LogP contribution in [0, 0.1) is 0 Å². The van der Waals surface area contributed by atoms with E-state index in [9.17, 15) is 0 Å². The molecule has 1 saturated heterocycles. The zero-order chi connectivity index (χ0) is 14.5. The van der Waals surface area contributed by atoms with E-state index in [0.717, 1.165) is 22.1 Å². The third kappa shape index (κ3) is 1.83. The van der Waals surface area contributed by atoms with Gasteiger partial charge in [-0.2, -0.15) is 5.10 Å². The van der Waals surface area contributed by atoms with Gasteiger partial charge in [-0.3, -0.25) is 5.10 Å². The molecule has 5 nitrogen and oxygen atoms in total. The Morgan fingerprint density at radius 3 is 2.40 bits per heavy atom. The predicted molar refractivity (Wildman–Crippen MR) is 78.4 cm³/mol. The van der Waals surface area contributed by atoms with E-state index in [-0.39, 0.29) is 11.2 Å². The smallest absolute Gasteiger partial charge is 0.496 e. The molecule has 1 N–H and O–H groups in total. The van der Waals surface area contributed by atoms with Gasteiger partial charge in [0.05, 0.1) is 35.4 Å². The van der Waals surface area contributed by atoms with Crippen molar-refractivity contribution in [3.8, 4) is 5.75 Å². The van der Waals surface area contributed by atoms with Crippen molar-refractivity contribution in [2.75, 3.05) is 7.11 Å². The lowest BCUT2D eigenvalue weighted by Gasteiger charge is -2.32. The number of aromatic nitrogens is 2. The fraction of sp³-hybridized carbons (Fsp3) is 0.500. The topological polar surface area (TPSA) is 56.4 Å². The van der Waals surface area contributed by atoms with Crippen molar-refractivity contribution in [1.29, 1.82) is 0 Å². The molecule has 6 heteroatoms. The Morgan fingerprint density at radius 1 is 1.15 bits per heavy atom. The Kier molecular flexibility index (Phi) is 2.85. The van der Waals surface area contributed by atoms with E-state index in [4.69, 9.17) is 14.0 Å². The lowest BCUT2D eigenvalue weighted by atomic mass is 9.78. The monoisotopic (exact) mass is 274 g/mol. The quantitative estimate of drug-likeness (QED) is 0.849. The van der Waals surface area contributed by atoms with Gasteiger partial charge in [-0.15, -0.1) is 0 Å². The SMILES string of the molecule is COc1ccc(B2OC(C)(C)C(C)(C)O2)c2[nH]ncc12. The number of methoxy groups -OCH3 is 1. The largest absolute Gasteiger partial charge is 0.497 e. The van der Waals surface area contributed by atoms with Gasteiger partial charge in [0.25, 0.3) is 0 Å². The minimum absolute atomic E-state index is 0.357. The molecule has 1 fully saturated rings. The summed E-state index contributed by atoms with van der Waals surface area (Å²) in [4.78, 5) is 0. The minimum atomic E-state index is -0.408. The van der Waals surface area contributed by atoms with Crippen LogP contribution in [-0.2, 0) is 9.31 Å². The van der Waals surface area contributed by atoms with Crippen LogP contribution in [0.3, 0.4) is 0 Å². The van der Waals surface area contributed by atoms with Crippen LogP contribution in [0.4, 0.5) is 0 Å². The highest BCUT2D eigenvalue weighted by Gasteiger charge is 2.52. The number of rotatable bonds is 2. The first-order valence-electron chi connectivity index (χ1n) is 6.71. The summed E-state index contributed by atoms with van der Waals surface area (Å²) in [5.41, 5.74) is 1.12. The van der Waals surface area contributed by atoms with Gasteiger partial charge in [-0.05, 0) is 33.8 Å². The van der Waals surface area contributed by atoms with Crippen LogP contribution in [0.1, 0.15) is 27.7 Å². The molecule has 0 spiro atoms. The molecule has 0 radical (unpaired) electrons. The molecule has 1 aliphatic rings. The Morgan fingerprint density at radius 2 is 1.80 bits per heavy atom. The summed E-state index contributed by atoms with van der Waals surface area (Å²) >= 11 is 0. The Balaban J connectivity index is 2.07. The van der Waals surface area contributed by atoms with Gasteiger partial charge in [0.1, 0.15) is 5.75 Å². The summed E-state index contributed by atoms with van der Waals surface area (Å²) in [6, 6.07) is 3.87. The number of hydrogen-bond acceptors (Lipinski definition) is 4. The van der Waals surface area contributed by atoms with Gasteiger partial charge in [0.2, 0.25) is 0 Å². The van der Waals surface area contributed by atoms with Crippen LogP contribution < -0.4 is 10.2 Å². The molecule has 2 heterocycles. The van der Waals surface area contributed by atoms with Crippen LogP contribution in [0.15, 0.2) is 18.3 Å². The Hall–Kier alpha value is -1.53. The van der Waals surface area contributed by atoms with Gasteiger partial charge in [0, 0.05) is 5.46 Å². The summed E-state index contributed by atoms with van der Waals surface area (Å²) in [6.45, 7) is 8.17. The molecule has 0 bridgehead atoms. The van der Waals surface area contributed by atoms with Crippen molar-refractivity contribution < 1.29 is 14.0 Å². The number of aromatic amines is 1. The second kappa shape index (κ2) is 4.23. The summed E-state index contributed by atoms with van der Waals surface area (Å²) in [6.07, 6.45) is 1.75. The predicted octanol–water partition coefficient (Wildman–Crippen LogP) is 1.87. The molecule has 1 aromatic heterocycles. The zero-order valence-corrected chi connectivity index (χ0v) is 12.5. The van der Waals surface area contributed by atoms with E-state index >= 15 is 0 Å². The molecule has 1 aliphatic heterocycles. The first kappa shape index (κ1) is 13.5. The van der Waals surface area contributed by atoms with Gasteiger partial charge in [-0.25, -0.2) is 0 Å². The number of ether oxygens (including phenoxy) is 1. The van der Waals surface area contributed by atoms with Gasteiger partial charge < -0.3 is 14.0 Å². The lowest BCUT2D eigenvalue weighted by molar-refractivity contribution is 0.00578. The summed E-state index contributed by atoms with van der Waals surface area (Å²) in [7, 11) is 1.24. The maximum atomic E-state index is 6.09. The zero-order valence-electron chi connectivity index (χ0n) is 12.5. The number of nitrogens with one attached hydrogen (secondary N) is 1. The van der Waals surface area contributed by atoms with E-state index in [1.807, 2.05) is 39.8 Å². The second-order valence-electron chi connectivity index (χ2n) is 6.10. The van der Waals surface area contributed by atoms with Crippen LogP contribution in [0.5, 0.6) is 5.75 Å². The molecule has 0 unspecified atom stereocenters. The number of hydrogen-bond donors (Lipinski definition) is 1. The van der Waals surface area contributed by atoms with E-state index in [1.54, 1.807) is 13.3 Å². The minimum Gasteiger partial charge on any atom is -0.496 e. The Bertz CT molecular complexity index is 635. The van der Waals surface area contributed by atoms with E-state index in [0.29, 0.717) is 0 Å². The third-order valence-electron chi connectivity index (χ3n) is 4.33. The molecular weight excluding hydrogens is 255 g/mol. The van der Waals surface area contributed by atoms with Crippen LogP contribution >= 0.6 is 0 Å². The average Bonchev–Trinajstić information content (AvgIpc) is 2.91. The summed E-state index contributed by atoms with van der Waals surface area (Å²) < 4.78 is 17.5. The normalized spacial score (nSPS) is 20.6. The number of fused-ring (bicyclic) bond motifs is 1.